The van der Waals surface area contributed by atoms with Crippen LogP contribution in [0.2, 0.25) is 5.02 Å². The Morgan fingerprint density at radius 2 is 1.81 bits per heavy atom. The third kappa shape index (κ3) is 4.87. The van der Waals surface area contributed by atoms with Crippen LogP contribution in [0, 0.1) is 20.8 Å². The minimum atomic E-state index is -3.63. The van der Waals surface area contributed by atoms with E-state index in [1.54, 1.807) is 6.07 Å². The summed E-state index contributed by atoms with van der Waals surface area (Å²) < 4.78 is 32.6. The van der Waals surface area contributed by atoms with E-state index in [0.717, 1.165) is 11.3 Å². The van der Waals surface area contributed by atoms with Gasteiger partial charge in [-0.05, 0) is 61.7 Å². The van der Waals surface area contributed by atoms with Crippen LogP contribution in [0.25, 0.3) is 0 Å². The molecule has 2 aliphatic heterocycles. The third-order valence-corrected chi connectivity index (χ3v) is 8.62. The Balaban J connectivity index is 1.57. The molecular formula is C22H25ClN4O3S2. The summed E-state index contributed by atoms with van der Waals surface area (Å²) >= 11 is 7.82. The van der Waals surface area contributed by atoms with Gasteiger partial charge >= 0.3 is 0 Å². The smallest absolute Gasteiger partial charge is 0.243 e. The number of amidine groups is 1. The van der Waals surface area contributed by atoms with Gasteiger partial charge in [-0.2, -0.15) is 9.41 Å². The lowest BCUT2D eigenvalue weighted by atomic mass is 9.98. The van der Waals surface area contributed by atoms with E-state index in [2.05, 4.69) is 48.4 Å². The van der Waals surface area contributed by atoms with Gasteiger partial charge in [0.1, 0.15) is 0 Å². The second-order valence-corrected chi connectivity index (χ2v) is 11.1. The molecule has 2 heterocycles. The molecule has 0 spiro atoms. The van der Waals surface area contributed by atoms with Crippen molar-refractivity contribution in [2.24, 2.45) is 10.1 Å². The number of hydrazone groups is 1. The number of aliphatic imine (C=N–C) groups is 1. The van der Waals surface area contributed by atoms with Crippen LogP contribution in [-0.2, 0) is 14.8 Å². The Labute approximate surface area is 197 Å². The van der Waals surface area contributed by atoms with Crippen molar-refractivity contribution in [3.63, 3.8) is 0 Å². The first-order valence-electron chi connectivity index (χ1n) is 10.3. The molecule has 10 heteroatoms. The Morgan fingerprint density at radius 1 is 1.09 bits per heavy atom. The first kappa shape index (κ1) is 23.3. The molecule has 2 aromatic rings. The Bertz CT molecular complexity index is 1210. The van der Waals surface area contributed by atoms with Crippen LogP contribution in [0.3, 0.4) is 0 Å². The Morgan fingerprint density at radius 3 is 2.50 bits per heavy atom. The highest BCUT2D eigenvalue weighted by Gasteiger charge is 2.27. The standard InChI is InChI=1S/C22H25ClN4O3S2/c1-14-10-16(3)18(11-15(14)2)21-13-31-22(26-25-21)24-20-12-17(4-5-19(20)23)32(28,29)27-6-8-30-9-7-27/h4-5,10-12H,6-9,13H2,1-3H3,(H,24,26). The van der Waals surface area contributed by atoms with Gasteiger partial charge in [-0.15, -0.1) is 0 Å². The molecule has 2 aromatic carbocycles. The Hall–Kier alpha value is -1.91. The first-order chi connectivity index (χ1) is 15.3. The number of benzene rings is 2. The average molecular weight is 493 g/mol. The number of morpholine rings is 1. The topological polar surface area (TPSA) is 83.4 Å². The highest BCUT2D eigenvalue weighted by molar-refractivity contribution is 8.14. The van der Waals surface area contributed by atoms with E-state index in [4.69, 9.17) is 16.3 Å². The molecular weight excluding hydrogens is 468 g/mol. The molecule has 0 saturated carbocycles. The summed E-state index contributed by atoms with van der Waals surface area (Å²) in [5.41, 5.74) is 9.10. The number of halogens is 1. The molecule has 0 aliphatic carbocycles. The predicted molar refractivity (Wildman–Crippen MR) is 131 cm³/mol. The van der Waals surface area contributed by atoms with Gasteiger partial charge in [0.25, 0.3) is 0 Å². The fraction of sp³-hybridized carbons (Fsp3) is 0.364. The molecule has 1 saturated heterocycles. The zero-order valence-electron chi connectivity index (χ0n) is 18.2. The summed E-state index contributed by atoms with van der Waals surface area (Å²) in [6.45, 7) is 7.73. The van der Waals surface area contributed by atoms with Crippen LogP contribution >= 0.6 is 23.4 Å². The van der Waals surface area contributed by atoms with Crippen LogP contribution in [0.15, 0.2) is 45.3 Å². The molecule has 0 radical (unpaired) electrons. The highest BCUT2D eigenvalue weighted by atomic mass is 35.5. The maximum atomic E-state index is 13.0. The number of ether oxygens (including phenoxy) is 1. The zero-order valence-corrected chi connectivity index (χ0v) is 20.6. The van der Waals surface area contributed by atoms with Crippen LogP contribution in [0.1, 0.15) is 22.3 Å². The molecule has 32 heavy (non-hydrogen) atoms. The van der Waals surface area contributed by atoms with Gasteiger partial charge in [0.15, 0.2) is 5.17 Å². The van der Waals surface area contributed by atoms with E-state index >= 15 is 0 Å². The van der Waals surface area contributed by atoms with Gasteiger partial charge in [-0.1, -0.05) is 29.4 Å². The fourth-order valence-electron chi connectivity index (χ4n) is 3.57. The quantitative estimate of drug-likeness (QED) is 0.697. The second kappa shape index (κ2) is 9.52. The van der Waals surface area contributed by atoms with Gasteiger partial charge in [0.2, 0.25) is 10.0 Å². The van der Waals surface area contributed by atoms with Gasteiger partial charge in [-0.25, -0.2) is 13.4 Å². The summed E-state index contributed by atoms with van der Waals surface area (Å²) in [4.78, 5) is 4.71. The first-order valence-corrected chi connectivity index (χ1v) is 13.1. The molecule has 0 atom stereocenters. The van der Waals surface area contributed by atoms with Crippen LogP contribution in [0.5, 0.6) is 0 Å². The Kier molecular flexibility index (Phi) is 6.92. The van der Waals surface area contributed by atoms with E-state index in [0.29, 0.717) is 47.9 Å². The van der Waals surface area contributed by atoms with E-state index < -0.39 is 10.0 Å². The summed E-state index contributed by atoms with van der Waals surface area (Å²) in [5, 5.41) is 5.46. The van der Waals surface area contributed by atoms with Crippen molar-refractivity contribution in [3.05, 3.63) is 57.6 Å². The molecule has 4 rings (SSSR count). The zero-order chi connectivity index (χ0) is 22.9. The molecule has 1 fully saturated rings. The molecule has 0 bridgehead atoms. The maximum Gasteiger partial charge on any atom is 0.243 e. The van der Waals surface area contributed by atoms with Gasteiger partial charge in [0.05, 0.1) is 34.5 Å². The van der Waals surface area contributed by atoms with Crippen LogP contribution in [-0.4, -0.2) is 55.7 Å². The van der Waals surface area contributed by atoms with Crippen molar-refractivity contribution in [1.29, 1.82) is 0 Å². The van der Waals surface area contributed by atoms with Crippen LogP contribution in [0.4, 0.5) is 5.69 Å². The number of sulfonamides is 1. The van der Waals surface area contributed by atoms with Crippen molar-refractivity contribution >= 4 is 50.0 Å². The number of nitrogens with zero attached hydrogens (tertiary/aromatic N) is 3. The minimum Gasteiger partial charge on any atom is -0.379 e. The monoisotopic (exact) mass is 492 g/mol. The van der Waals surface area contributed by atoms with E-state index in [1.165, 1.54) is 44.9 Å². The molecule has 2 aliphatic rings. The second-order valence-electron chi connectivity index (χ2n) is 7.76. The van der Waals surface area contributed by atoms with Gasteiger partial charge in [-0.3, -0.25) is 5.43 Å². The largest absolute Gasteiger partial charge is 0.379 e. The number of rotatable bonds is 4. The molecule has 0 aromatic heterocycles. The van der Waals surface area contributed by atoms with Crippen molar-refractivity contribution in [2.45, 2.75) is 25.7 Å². The normalized spacial score (nSPS) is 19.0. The molecule has 1 N–H and O–H groups in total. The molecule has 7 nitrogen and oxygen atoms in total. The lowest BCUT2D eigenvalue weighted by Gasteiger charge is -2.26. The fourth-order valence-corrected chi connectivity index (χ4v) is 5.92. The van der Waals surface area contributed by atoms with E-state index in [1.807, 2.05) is 0 Å². The summed E-state index contributed by atoms with van der Waals surface area (Å²) in [6.07, 6.45) is 0. The number of aryl methyl sites for hydroxylation is 3. The van der Waals surface area contributed by atoms with Crippen molar-refractivity contribution in [1.82, 2.24) is 9.73 Å². The summed E-state index contributed by atoms with van der Waals surface area (Å²) in [6, 6.07) is 8.91. The van der Waals surface area contributed by atoms with E-state index in [-0.39, 0.29) is 4.90 Å². The summed E-state index contributed by atoms with van der Waals surface area (Å²) in [5.74, 6) is 0.651. The highest BCUT2D eigenvalue weighted by Crippen LogP contribution is 2.31. The maximum absolute atomic E-state index is 13.0. The minimum absolute atomic E-state index is 0.166. The number of nitrogens with one attached hydrogen (secondary N) is 1. The number of thioether (sulfide) groups is 1. The SMILES string of the molecule is Cc1cc(C)c(C2=NNC(=Nc3cc(S(=O)(=O)N4CCOCC4)ccc3Cl)SC2)cc1C. The average Bonchev–Trinajstić information content (AvgIpc) is 2.79. The van der Waals surface area contributed by atoms with Crippen molar-refractivity contribution < 1.29 is 13.2 Å². The molecule has 0 amide bonds. The number of hydrogen-bond donors (Lipinski definition) is 1. The van der Waals surface area contributed by atoms with Crippen molar-refractivity contribution in [2.75, 3.05) is 32.1 Å². The van der Waals surface area contributed by atoms with Gasteiger partial charge < -0.3 is 4.74 Å². The lowest BCUT2D eigenvalue weighted by Crippen LogP contribution is -2.40. The lowest BCUT2D eigenvalue weighted by molar-refractivity contribution is 0.0730. The van der Waals surface area contributed by atoms with E-state index in [9.17, 15) is 8.42 Å². The summed E-state index contributed by atoms with van der Waals surface area (Å²) in [7, 11) is -3.63. The third-order valence-electron chi connectivity index (χ3n) is 5.53. The molecule has 0 unspecified atom stereocenters. The van der Waals surface area contributed by atoms with Crippen molar-refractivity contribution in [3.8, 4) is 0 Å². The molecule has 170 valence electrons. The predicted octanol–water partition coefficient (Wildman–Crippen LogP) is 4.01. The van der Waals surface area contributed by atoms with Crippen LogP contribution < -0.4 is 5.43 Å². The van der Waals surface area contributed by atoms with Gasteiger partial charge in [0, 0.05) is 24.4 Å². The number of hydrogen-bond acceptors (Lipinski definition) is 6.